The van der Waals surface area contributed by atoms with E-state index < -0.39 is 0 Å². The summed E-state index contributed by atoms with van der Waals surface area (Å²) in [5.41, 5.74) is 3.20. The molecule has 0 radical (unpaired) electrons. The second-order valence-corrected chi connectivity index (χ2v) is 6.59. The minimum atomic E-state index is -0.201. The number of aromatic nitrogens is 4. The molecule has 0 bridgehead atoms. The third-order valence-electron chi connectivity index (χ3n) is 3.64. The molecule has 3 aromatic rings. The van der Waals surface area contributed by atoms with Crippen LogP contribution in [-0.4, -0.2) is 25.0 Å². The Hall–Kier alpha value is -2.65. The highest BCUT2D eigenvalue weighted by molar-refractivity contribution is 8.00. The first-order chi connectivity index (χ1) is 11.7. The first-order valence-corrected chi connectivity index (χ1v) is 8.62. The van der Waals surface area contributed by atoms with Gasteiger partial charge in [-0.1, -0.05) is 30.8 Å². The first kappa shape index (κ1) is 16.2. The Kier molecular flexibility index (Phi) is 4.92. The van der Waals surface area contributed by atoms with Crippen LogP contribution < -0.4 is 0 Å². The standard InChI is InChI=1S/C18H17N5S/c1-3-14-4-6-16(7-5-14)23-17(15-8-10-20-11-9-15)21-22-18(23)24-13(2)12-19/h4-11,13H,3H2,1-2H3/t13-/m1/s1. The Morgan fingerprint density at radius 3 is 2.46 bits per heavy atom. The van der Waals surface area contributed by atoms with E-state index in [1.54, 1.807) is 12.4 Å². The smallest absolute Gasteiger partial charge is 0.197 e. The Labute approximate surface area is 145 Å². The summed E-state index contributed by atoms with van der Waals surface area (Å²) in [6, 6.07) is 14.4. The summed E-state index contributed by atoms with van der Waals surface area (Å²) in [5.74, 6) is 0.745. The number of nitrogens with zero attached hydrogens (tertiary/aromatic N) is 5. The van der Waals surface area contributed by atoms with E-state index >= 15 is 0 Å². The molecule has 0 aliphatic heterocycles. The Morgan fingerprint density at radius 1 is 1.12 bits per heavy atom. The van der Waals surface area contributed by atoms with Gasteiger partial charge < -0.3 is 0 Å². The van der Waals surface area contributed by atoms with Crippen LogP contribution in [0.15, 0.2) is 53.9 Å². The number of benzene rings is 1. The monoisotopic (exact) mass is 335 g/mol. The van der Waals surface area contributed by atoms with Gasteiger partial charge in [-0.2, -0.15) is 5.26 Å². The van der Waals surface area contributed by atoms with Crippen molar-refractivity contribution in [1.82, 2.24) is 19.7 Å². The highest BCUT2D eigenvalue weighted by Gasteiger charge is 2.18. The molecule has 5 nitrogen and oxygen atoms in total. The number of rotatable bonds is 5. The Morgan fingerprint density at radius 2 is 1.83 bits per heavy atom. The van der Waals surface area contributed by atoms with Gasteiger partial charge in [0.1, 0.15) is 0 Å². The predicted octanol–water partition coefficient (Wildman–Crippen LogP) is 3.90. The fourth-order valence-electron chi connectivity index (χ4n) is 2.33. The minimum Gasteiger partial charge on any atom is -0.270 e. The summed E-state index contributed by atoms with van der Waals surface area (Å²) < 4.78 is 1.99. The normalized spacial score (nSPS) is 11.9. The van der Waals surface area contributed by atoms with Crippen molar-refractivity contribution in [2.75, 3.05) is 0 Å². The zero-order chi connectivity index (χ0) is 16.9. The van der Waals surface area contributed by atoms with E-state index in [0.29, 0.717) is 5.16 Å². The number of hydrogen-bond acceptors (Lipinski definition) is 5. The van der Waals surface area contributed by atoms with Crippen molar-refractivity contribution in [1.29, 1.82) is 5.26 Å². The average molecular weight is 335 g/mol. The van der Waals surface area contributed by atoms with E-state index in [0.717, 1.165) is 23.5 Å². The molecule has 120 valence electrons. The SMILES string of the molecule is CCc1ccc(-n2c(S[C@H](C)C#N)nnc2-c2ccncc2)cc1. The number of aryl methyl sites for hydroxylation is 1. The van der Waals surface area contributed by atoms with Crippen LogP contribution in [0.1, 0.15) is 19.4 Å². The lowest BCUT2D eigenvalue weighted by Crippen LogP contribution is -2.02. The largest absolute Gasteiger partial charge is 0.270 e. The van der Waals surface area contributed by atoms with E-state index in [4.69, 9.17) is 5.26 Å². The summed E-state index contributed by atoms with van der Waals surface area (Å²) >= 11 is 1.40. The third kappa shape index (κ3) is 3.31. The maximum absolute atomic E-state index is 9.11. The molecular weight excluding hydrogens is 318 g/mol. The molecule has 1 aromatic carbocycles. The average Bonchev–Trinajstić information content (AvgIpc) is 3.05. The molecule has 0 N–H and O–H groups in total. The topological polar surface area (TPSA) is 67.4 Å². The van der Waals surface area contributed by atoms with Crippen LogP contribution in [0.5, 0.6) is 0 Å². The van der Waals surface area contributed by atoms with Gasteiger partial charge in [0, 0.05) is 23.6 Å². The molecule has 0 spiro atoms. The molecule has 0 aliphatic carbocycles. The van der Waals surface area contributed by atoms with Gasteiger partial charge in [-0.25, -0.2) is 0 Å². The number of pyridine rings is 1. The summed E-state index contributed by atoms with van der Waals surface area (Å²) in [6.45, 7) is 3.99. The van der Waals surface area contributed by atoms with Gasteiger partial charge in [0.2, 0.25) is 0 Å². The molecule has 3 rings (SSSR count). The molecule has 0 fully saturated rings. The van der Waals surface area contributed by atoms with Crippen molar-refractivity contribution in [3.8, 4) is 23.1 Å². The van der Waals surface area contributed by atoms with Crippen LogP contribution in [0.3, 0.4) is 0 Å². The Bertz CT molecular complexity index is 849. The molecule has 0 saturated heterocycles. The van der Waals surface area contributed by atoms with Crippen molar-refractivity contribution in [3.05, 3.63) is 54.4 Å². The summed E-state index contributed by atoms with van der Waals surface area (Å²) in [5, 5.41) is 18.3. The Balaban J connectivity index is 2.12. The van der Waals surface area contributed by atoms with Crippen LogP contribution in [0.4, 0.5) is 0 Å². The highest BCUT2D eigenvalue weighted by atomic mass is 32.2. The van der Waals surface area contributed by atoms with Gasteiger partial charge in [-0.05, 0) is 43.2 Å². The number of nitriles is 1. The second kappa shape index (κ2) is 7.28. The van der Waals surface area contributed by atoms with E-state index in [1.165, 1.54) is 17.3 Å². The van der Waals surface area contributed by atoms with E-state index in [9.17, 15) is 0 Å². The van der Waals surface area contributed by atoms with Crippen LogP contribution in [0, 0.1) is 11.3 Å². The molecule has 2 heterocycles. The maximum Gasteiger partial charge on any atom is 0.197 e. The zero-order valence-electron chi connectivity index (χ0n) is 13.5. The first-order valence-electron chi connectivity index (χ1n) is 7.74. The lowest BCUT2D eigenvalue weighted by molar-refractivity contribution is 0.882. The van der Waals surface area contributed by atoms with Gasteiger partial charge >= 0.3 is 0 Å². The van der Waals surface area contributed by atoms with E-state index in [-0.39, 0.29) is 5.25 Å². The molecule has 0 unspecified atom stereocenters. The molecule has 6 heteroatoms. The lowest BCUT2D eigenvalue weighted by atomic mass is 10.1. The number of hydrogen-bond donors (Lipinski definition) is 0. The maximum atomic E-state index is 9.11. The third-order valence-corrected chi connectivity index (χ3v) is 4.57. The predicted molar refractivity (Wildman–Crippen MR) is 94.9 cm³/mol. The molecule has 2 aromatic heterocycles. The molecule has 1 atom stereocenters. The summed E-state index contributed by atoms with van der Waals surface area (Å²) in [7, 11) is 0. The van der Waals surface area contributed by atoms with E-state index in [1.807, 2.05) is 23.6 Å². The molecule has 0 saturated carbocycles. The van der Waals surface area contributed by atoms with Crippen molar-refractivity contribution in [2.45, 2.75) is 30.7 Å². The van der Waals surface area contributed by atoms with Crippen LogP contribution in [0.2, 0.25) is 0 Å². The molecule has 0 amide bonds. The minimum absolute atomic E-state index is 0.201. The zero-order valence-corrected chi connectivity index (χ0v) is 14.4. The van der Waals surface area contributed by atoms with Crippen LogP contribution in [-0.2, 0) is 6.42 Å². The van der Waals surface area contributed by atoms with Crippen molar-refractivity contribution in [3.63, 3.8) is 0 Å². The number of thioether (sulfide) groups is 1. The van der Waals surface area contributed by atoms with E-state index in [2.05, 4.69) is 52.4 Å². The van der Waals surface area contributed by atoms with Crippen molar-refractivity contribution < 1.29 is 0 Å². The van der Waals surface area contributed by atoms with Crippen molar-refractivity contribution in [2.24, 2.45) is 0 Å². The summed E-state index contributed by atoms with van der Waals surface area (Å²) in [6.07, 6.45) is 4.46. The lowest BCUT2D eigenvalue weighted by Gasteiger charge is -2.11. The second-order valence-electron chi connectivity index (χ2n) is 5.29. The molecular formula is C18H17N5S. The fraction of sp³-hybridized carbons (Fsp3) is 0.222. The van der Waals surface area contributed by atoms with Gasteiger partial charge in [0.15, 0.2) is 11.0 Å². The summed E-state index contributed by atoms with van der Waals surface area (Å²) in [4.78, 5) is 4.06. The van der Waals surface area contributed by atoms with Crippen LogP contribution >= 0.6 is 11.8 Å². The molecule has 0 aliphatic rings. The quantitative estimate of drug-likeness (QED) is 0.662. The van der Waals surface area contributed by atoms with Gasteiger partial charge in [-0.3, -0.25) is 9.55 Å². The fourth-order valence-corrected chi connectivity index (χ4v) is 3.09. The van der Waals surface area contributed by atoms with Gasteiger partial charge in [0.05, 0.1) is 11.3 Å². The highest BCUT2D eigenvalue weighted by Crippen LogP contribution is 2.29. The van der Waals surface area contributed by atoms with Crippen LogP contribution in [0.25, 0.3) is 17.1 Å². The van der Waals surface area contributed by atoms with Crippen molar-refractivity contribution >= 4 is 11.8 Å². The van der Waals surface area contributed by atoms with Gasteiger partial charge in [0.25, 0.3) is 0 Å². The molecule has 24 heavy (non-hydrogen) atoms. The van der Waals surface area contributed by atoms with Gasteiger partial charge in [-0.15, -0.1) is 10.2 Å².